The summed E-state index contributed by atoms with van der Waals surface area (Å²) >= 11 is 0. The first-order chi connectivity index (χ1) is 26.2. The molecule has 1 atom stereocenters. The third-order valence-electron chi connectivity index (χ3n) is 5.15. The molecular weight excluding hydrogens is 734 g/mol. The number of methoxy groups -OCH3 is 4. The van der Waals surface area contributed by atoms with E-state index in [1.54, 1.807) is 28.1 Å². The third-order valence-corrected chi connectivity index (χ3v) is 5.15. The molecule has 0 saturated carbocycles. The summed E-state index contributed by atoms with van der Waals surface area (Å²) in [6.07, 6.45) is 4.26. The molecule has 0 radical (unpaired) electrons. The maximum Gasteiger partial charge on any atom is 0.302 e. The van der Waals surface area contributed by atoms with Gasteiger partial charge in [0.05, 0.1) is 19.8 Å². The van der Waals surface area contributed by atoms with Gasteiger partial charge in [0.2, 0.25) is 17.7 Å². The number of rotatable bonds is 20. The molecule has 3 amide bonds. The topological polar surface area (TPSA) is 236 Å². The summed E-state index contributed by atoms with van der Waals surface area (Å²) < 4.78 is 22.6. The summed E-state index contributed by atoms with van der Waals surface area (Å²) in [5.41, 5.74) is 0. The Hall–Kier alpha value is -3.93. The van der Waals surface area contributed by atoms with E-state index >= 15 is 0 Å². The third kappa shape index (κ3) is 104. The van der Waals surface area contributed by atoms with E-state index in [1.165, 1.54) is 62.8 Å². The van der Waals surface area contributed by atoms with Crippen molar-refractivity contribution < 1.29 is 66.8 Å². The fourth-order valence-electron chi connectivity index (χ4n) is 2.63. The van der Waals surface area contributed by atoms with Crippen molar-refractivity contribution in [3.8, 4) is 0 Å². The number of Topliss-reactive ketones (excluding diaryl/α,β-unsaturated/α-hetero) is 5. The number of carbonyl (C=O) groups excluding carboxylic acids is 9. The van der Waals surface area contributed by atoms with Crippen LogP contribution in [0.4, 0.5) is 0 Å². The summed E-state index contributed by atoms with van der Waals surface area (Å²) in [6, 6.07) is -0.394. The number of nitrogens with one attached hydrogen (secondary N) is 3. The van der Waals surface area contributed by atoms with Crippen molar-refractivity contribution >= 4 is 52.6 Å². The number of unbranched alkanes of at least 4 members (excludes halogenated alkanes) is 1. The Bertz CT molecular complexity index is 990. The van der Waals surface area contributed by atoms with Gasteiger partial charge in [0.15, 0.2) is 17.3 Å². The fraction of sp³-hybridized carbons (Fsp3) is 0.769. The highest BCUT2D eigenvalue weighted by Gasteiger charge is 2.14. The van der Waals surface area contributed by atoms with Gasteiger partial charge < -0.3 is 44.4 Å². The first-order valence-corrected chi connectivity index (χ1v) is 18.5. The molecule has 0 fully saturated rings. The number of ketones is 5. The minimum absolute atomic E-state index is 0.00736. The fourth-order valence-corrected chi connectivity index (χ4v) is 2.63. The zero-order chi connectivity index (χ0) is 45.9. The summed E-state index contributed by atoms with van der Waals surface area (Å²) in [6.45, 7) is 21.8. The van der Waals surface area contributed by atoms with Crippen LogP contribution in [0.2, 0.25) is 0 Å². The van der Waals surface area contributed by atoms with E-state index in [1.807, 2.05) is 27.7 Å². The van der Waals surface area contributed by atoms with Gasteiger partial charge in [0.25, 0.3) is 0 Å². The summed E-state index contributed by atoms with van der Waals surface area (Å²) in [5, 5.41) is 7.64. The lowest BCUT2D eigenvalue weighted by Gasteiger charge is -2.14. The van der Waals surface area contributed by atoms with Crippen LogP contribution in [-0.2, 0) is 66.8 Å². The van der Waals surface area contributed by atoms with Crippen molar-refractivity contribution in [3.63, 3.8) is 0 Å². The van der Waals surface area contributed by atoms with Crippen molar-refractivity contribution in [1.29, 1.82) is 0 Å². The molecule has 3 N–H and O–H groups in total. The first-order valence-electron chi connectivity index (χ1n) is 18.5. The number of carbonyl (C=O) groups is 9. The molecule has 0 aromatic carbocycles. The van der Waals surface area contributed by atoms with Crippen molar-refractivity contribution in [1.82, 2.24) is 16.0 Å². The van der Waals surface area contributed by atoms with Crippen LogP contribution < -0.4 is 16.0 Å². The highest BCUT2D eigenvalue weighted by molar-refractivity contribution is 5.86. The average Bonchev–Trinajstić information content (AvgIpc) is 3.12. The molecule has 0 rings (SSSR count). The Morgan fingerprint density at radius 2 is 1.00 bits per heavy atom. The molecule has 0 spiro atoms. The minimum atomic E-state index is -0.394. The molecule has 17 heteroatoms. The second kappa shape index (κ2) is 60.3. The van der Waals surface area contributed by atoms with Crippen LogP contribution in [0.3, 0.4) is 0 Å². The van der Waals surface area contributed by atoms with E-state index in [0.717, 1.165) is 19.3 Å². The summed E-state index contributed by atoms with van der Waals surface area (Å²) in [7, 11) is 7.59. The van der Waals surface area contributed by atoms with Gasteiger partial charge in [-0.25, -0.2) is 0 Å². The molecule has 56 heavy (non-hydrogen) atoms. The second-order valence-electron chi connectivity index (χ2n) is 10.8. The summed E-state index contributed by atoms with van der Waals surface area (Å²) in [5.74, 6) is -0.335. The van der Waals surface area contributed by atoms with Gasteiger partial charge in [-0.15, -0.1) is 0 Å². The zero-order valence-electron chi connectivity index (χ0n) is 37.8. The van der Waals surface area contributed by atoms with Gasteiger partial charge in [-0.05, 0) is 60.3 Å². The molecule has 0 heterocycles. The van der Waals surface area contributed by atoms with E-state index in [9.17, 15) is 43.2 Å². The highest BCUT2D eigenvalue weighted by atomic mass is 16.5. The Balaban J connectivity index is -0.0000000844. The van der Waals surface area contributed by atoms with Gasteiger partial charge in [0.1, 0.15) is 31.4 Å². The smallest absolute Gasteiger partial charge is 0.302 e. The first kappa shape index (κ1) is 69.9. The van der Waals surface area contributed by atoms with Crippen molar-refractivity contribution in [2.75, 3.05) is 75.1 Å². The molecule has 334 valence electrons. The van der Waals surface area contributed by atoms with Crippen molar-refractivity contribution in [3.05, 3.63) is 0 Å². The van der Waals surface area contributed by atoms with Gasteiger partial charge in [-0.2, -0.15) is 0 Å². The van der Waals surface area contributed by atoms with Crippen LogP contribution in [0, 0.1) is 0 Å². The maximum atomic E-state index is 11.2. The standard InChI is InChI=1S/C11H20N2O3.C6H11NO3.C6H12O2.C5H10O2.C4H8O2.C3H6O2.2C2H6/c1-8(14)11(13-10(3)16)6-4-5-7-12-9(2)15;1-5(8)3-10-4-6(9)7-2;1-6(7)4-3-5-8-2;1-5(6)3-4-7-2;1-4(5)3-6-2;1-3(4)5-2;2*1-2/h11H,4-7H2,1-3H3,(H,12,15)(H,13,16);3-4H2,1-2H3,(H,7,9);3-5H2,1-2H3;3-4H2,1-2H3;3H2,1-2H3;1-2H3;2*1-2H3. The largest absolute Gasteiger partial charge is 0.469 e. The zero-order valence-corrected chi connectivity index (χ0v) is 37.8. The van der Waals surface area contributed by atoms with Crippen molar-refractivity contribution in [2.24, 2.45) is 0 Å². The molecule has 0 aromatic heterocycles. The SMILES string of the molecule is CC.CC.CC(=O)NCCCCC(NC(C)=O)C(C)=O.CNC(=O)COCC(C)=O.COC(C)=O.COCC(C)=O.COCCC(C)=O.COCCCC(C)=O. The number of likely N-dealkylation sites (N-methyl/N-ethyl adjacent to an activating group) is 1. The van der Waals surface area contributed by atoms with Crippen LogP contribution >= 0.6 is 0 Å². The predicted octanol–water partition coefficient (Wildman–Crippen LogP) is 3.79. The monoisotopic (exact) mass is 814 g/mol. The Morgan fingerprint density at radius 3 is 1.27 bits per heavy atom. The lowest BCUT2D eigenvalue weighted by molar-refractivity contribution is -0.138. The van der Waals surface area contributed by atoms with Crippen LogP contribution in [0.1, 0.15) is 122 Å². The van der Waals surface area contributed by atoms with Crippen LogP contribution in [0.15, 0.2) is 0 Å². The number of amides is 3. The predicted molar refractivity (Wildman–Crippen MR) is 218 cm³/mol. The minimum Gasteiger partial charge on any atom is -0.469 e. The normalized spacial score (nSPS) is 9.09. The number of hydrogen-bond donors (Lipinski definition) is 3. The molecule has 0 aromatic rings. The number of hydrogen-bond acceptors (Lipinski definition) is 14. The molecule has 0 aliphatic carbocycles. The molecule has 0 saturated heterocycles. The van der Waals surface area contributed by atoms with Crippen LogP contribution in [0.5, 0.6) is 0 Å². The lowest BCUT2D eigenvalue weighted by atomic mass is 10.1. The Morgan fingerprint density at radius 1 is 0.536 bits per heavy atom. The number of ether oxygens (including phenoxy) is 5. The molecule has 17 nitrogen and oxygen atoms in total. The Labute approximate surface area is 337 Å². The van der Waals surface area contributed by atoms with Crippen LogP contribution in [0.25, 0.3) is 0 Å². The lowest BCUT2D eigenvalue weighted by Crippen LogP contribution is -2.38. The average molecular weight is 814 g/mol. The van der Waals surface area contributed by atoms with Crippen LogP contribution in [-0.4, -0.2) is 134 Å². The molecular formula is C39H79N3O14. The van der Waals surface area contributed by atoms with E-state index in [0.29, 0.717) is 39.0 Å². The van der Waals surface area contributed by atoms with Gasteiger partial charge >= 0.3 is 5.97 Å². The maximum absolute atomic E-state index is 11.2. The van der Waals surface area contributed by atoms with Gasteiger partial charge in [-0.1, -0.05) is 27.7 Å². The quantitative estimate of drug-likeness (QED) is 0.117. The molecule has 1 unspecified atom stereocenters. The highest BCUT2D eigenvalue weighted by Crippen LogP contribution is 2.02. The van der Waals surface area contributed by atoms with E-state index in [-0.39, 0.29) is 72.4 Å². The Kier molecular flexibility index (Phi) is 75.3. The molecule has 0 bridgehead atoms. The van der Waals surface area contributed by atoms with Gasteiger partial charge in [0, 0.05) is 75.1 Å². The second-order valence-corrected chi connectivity index (χ2v) is 10.8. The summed E-state index contributed by atoms with van der Waals surface area (Å²) in [4.78, 5) is 93.2. The number of esters is 1. The van der Waals surface area contributed by atoms with E-state index < -0.39 is 6.04 Å². The molecule has 0 aliphatic heterocycles. The van der Waals surface area contributed by atoms with E-state index in [4.69, 9.17) is 4.74 Å². The van der Waals surface area contributed by atoms with E-state index in [2.05, 4.69) is 34.9 Å². The van der Waals surface area contributed by atoms with Gasteiger partial charge in [-0.3, -0.25) is 38.4 Å². The molecule has 0 aliphatic rings. The van der Waals surface area contributed by atoms with Crippen molar-refractivity contribution in [2.45, 2.75) is 128 Å².